The van der Waals surface area contributed by atoms with Crippen molar-refractivity contribution in [2.45, 2.75) is 75.0 Å². The molecule has 0 saturated carbocycles. The fraction of sp³-hybridized carbons (Fsp3) is 0.318. The maximum absolute atomic E-state index is 14.3. The molecule has 0 radical (unpaired) electrons. The van der Waals surface area contributed by atoms with Crippen LogP contribution in [0.3, 0.4) is 0 Å². The molecule has 4 aromatic rings. The van der Waals surface area contributed by atoms with E-state index in [0.29, 0.717) is 11.3 Å². The lowest BCUT2D eigenvalue weighted by Crippen LogP contribution is -2.27. The molecule has 0 aliphatic carbocycles. The first-order chi connectivity index (χ1) is 26.1. The summed E-state index contributed by atoms with van der Waals surface area (Å²) in [6.45, 7) is 11.9. The standard InChI is InChI=1S/C22H20F2O3S.C22H20F2O2S/c1-4-27-21(25)16-9-8-15(19(23)20(16)24)7-5-14-6-10-18-17(13-14)22(2,3)11-12-28(18)26;1-4-26-21(25)16-9-8-15(19(23)20(16)24)7-5-14-6-10-18-17(13-14)22(2,3)11-12-27-18/h6,8-10,13H,4,11-12H2,1-3H3;6,8-10,13H,4,11-12H2,1-3H3. The minimum absolute atomic E-state index is 0.0664. The summed E-state index contributed by atoms with van der Waals surface area (Å²) in [7, 11) is -1.03. The van der Waals surface area contributed by atoms with Gasteiger partial charge >= 0.3 is 11.9 Å². The summed E-state index contributed by atoms with van der Waals surface area (Å²) in [6, 6.07) is 16.3. The van der Waals surface area contributed by atoms with Crippen LogP contribution in [0.2, 0.25) is 0 Å². The number of rotatable bonds is 4. The van der Waals surface area contributed by atoms with Crippen molar-refractivity contribution < 1.29 is 40.8 Å². The first kappa shape index (κ1) is 41.3. The number of benzene rings is 4. The third-order valence-electron chi connectivity index (χ3n) is 9.40. The van der Waals surface area contributed by atoms with E-state index in [2.05, 4.69) is 51.4 Å². The summed E-state index contributed by atoms with van der Waals surface area (Å²) in [5.74, 6) is 6.13. The van der Waals surface area contributed by atoms with Gasteiger partial charge in [0.1, 0.15) is 0 Å². The van der Waals surface area contributed by atoms with Crippen molar-refractivity contribution in [1.82, 2.24) is 0 Å². The second kappa shape index (κ2) is 17.3. The molecule has 6 rings (SSSR count). The molecule has 0 spiro atoms. The lowest BCUT2D eigenvalue weighted by molar-refractivity contribution is 0.0510. The Morgan fingerprint density at radius 3 is 1.69 bits per heavy atom. The molecule has 2 aliphatic rings. The van der Waals surface area contributed by atoms with Crippen molar-refractivity contribution in [2.24, 2.45) is 0 Å². The molecular formula is C44H40F4O5S2. The van der Waals surface area contributed by atoms with Gasteiger partial charge in [0, 0.05) is 26.7 Å². The van der Waals surface area contributed by atoms with E-state index in [4.69, 9.17) is 9.47 Å². The number of hydrogen-bond donors (Lipinski definition) is 0. The summed E-state index contributed by atoms with van der Waals surface area (Å²) >= 11 is 1.83. The molecule has 0 fully saturated rings. The minimum atomic E-state index is -1.27. The van der Waals surface area contributed by atoms with Gasteiger partial charge in [-0.05, 0) is 115 Å². The van der Waals surface area contributed by atoms with Crippen LogP contribution in [0.1, 0.15) is 108 Å². The van der Waals surface area contributed by atoms with Crippen LogP contribution in [0.25, 0.3) is 0 Å². The van der Waals surface area contributed by atoms with E-state index in [1.54, 1.807) is 26.0 Å². The average molecular weight is 789 g/mol. The van der Waals surface area contributed by atoms with Gasteiger partial charge in [0.15, 0.2) is 23.3 Å². The Bertz CT molecular complexity index is 2310. The highest BCUT2D eigenvalue weighted by Crippen LogP contribution is 2.42. The maximum Gasteiger partial charge on any atom is 0.341 e. The zero-order valence-electron chi connectivity index (χ0n) is 31.4. The summed E-state index contributed by atoms with van der Waals surface area (Å²) in [5, 5.41) is 0. The van der Waals surface area contributed by atoms with Gasteiger partial charge in [0.2, 0.25) is 0 Å². The number of fused-ring (bicyclic) bond motifs is 2. The SMILES string of the molecule is CCOC(=O)c1ccc(C#Cc2ccc3c(c2)C(C)(C)CCS3)c(F)c1F.CCOC(=O)c1ccc(C#Cc2ccc3c(c2)C(C)(C)CCS3=O)c(F)c1F. The van der Waals surface area contributed by atoms with E-state index < -0.39 is 57.1 Å². The predicted octanol–water partition coefficient (Wildman–Crippen LogP) is 9.64. The monoisotopic (exact) mass is 788 g/mol. The molecule has 0 saturated heterocycles. The van der Waals surface area contributed by atoms with Crippen molar-refractivity contribution in [3.8, 4) is 23.7 Å². The summed E-state index contributed by atoms with van der Waals surface area (Å²) in [6.07, 6.45) is 1.88. The zero-order valence-corrected chi connectivity index (χ0v) is 33.0. The van der Waals surface area contributed by atoms with Crippen molar-refractivity contribution in [2.75, 3.05) is 24.7 Å². The van der Waals surface area contributed by atoms with E-state index in [-0.39, 0.29) is 35.2 Å². The lowest BCUT2D eigenvalue weighted by Gasteiger charge is -2.32. The molecule has 1 atom stereocenters. The van der Waals surface area contributed by atoms with E-state index >= 15 is 0 Å². The molecule has 0 aromatic heterocycles. The van der Waals surface area contributed by atoms with Crippen LogP contribution < -0.4 is 0 Å². The smallest absolute Gasteiger partial charge is 0.341 e. The molecule has 0 N–H and O–H groups in total. The molecule has 2 aliphatic heterocycles. The van der Waals surface area contributed by atoms with E-state index in [1.807, 2.05) is 36.0 Å². The third kappa shape index (κ3) is 9.35. The first-order valence-electron chi connectivity index (χ1n) is 17.7. The van der Waals surface area contributed by atoms with Gasteiger partial charge in [-0.2, -0.15) is 0 Å². The highest BCUT2D eigenvalue weighted by molar-refractivity contribution is 7.99. The summed E-state index contributed by atoms with van der Waals surface area (Å²) in [5.41, 5.74) is 2.39. The van der Waals surface area contributed by atoms with Crippen LogP contribution in [0.15, 0.2) is 70.5 Å². The van der Waals surface area contributed by atoms with Crippen molar-refractivity contribution in [1.29, 1.82) is 0 Å². The van der Waals surface area contributed by atoms with Crippen LogP contribution in [0.4, 0.5) is 17.6 Å². The van der Waals surface area contributed by atoms with Gasteiger partial charge in [0.05, 0.1) is 46.3 Å². The Morgan fingerprint density at radius 2 is 1.16 bits per heavy atom. The number of carbonyl (C=O) groups excluding carboxylic acids is 2. The quantitative estimate of drug-likeness (QED) is 0.117. The number of ether oxygens (including phenoxy) is 2. The molecule has 4 aromatic carbocycles. The molecule has 5 nitrogen and oxygen atoms in total. The molecule has 11 heteroatoms. The number of hydrogen-bond acceptors (Lipinski definition) is 6. The van der Waals surface area contributed by atoms with Gasteiger partial charge in [-0.25, -0.2) is 27.2 Å². The fourth-order valence-corrected chi connectivity index (χ4v) is 9.25. The van der Waals surface area contributed by atoms with Crippen LogP contribution >= 0.6 is 11.8 Å². The normalized spacial score (nSPS) is 16.0. The van der Waals surface area contributed by atoms with Crippen LogP contribution in [-0.2, 0) is 31.1 Å². The highest BCUT2D eigenvalue weighted by atomic mass is 32.2. The molecule has 286 valence electrons. The second-order valence-electron chi connectivity index (χ2n) is 14.1. The van der Waals surface area contributed by atoms with Crippen LogP contribution in [-0.4, -0.2) is 40.9 Å². The van der Waals surface area contributed by atoms with Crippen LogP contribution in [0.5, 0.6) is 0 Å². The second-order valence-corrected chi connectivity index (χ2v) is 16.8. The number of halogens is 4. The van der Waals surface area contributed by atoms with E-state index in [9.17, 15) is 31.4 Å². The zero-order chi connectivity index (χ0) is 40.1. The van der Waals surface area contributed by atoms with Crippen LogP contribution in [0, 0.1) is 47.0 Å². The molecule has 2 heterocycles. The van der Waals surface area contributed by atoms with Crippen molar-refractivity contribution in [3.63, 3.8) is 0 Å². The Balaban J connectivity index is 0.000000211. The molecular weight excluding hydrogens is 749 g/mol. The Labute approximate surface area is 326 Å². The number of esters is 2. The van der Waals surface area contributed by atoms with Gasteiger partial charge in [-0.1, -0.05) is 51.4 Å². The summed E-state index contributed by atoms with van der Waals surface area (Å²) in [4.78, 5) is 25.3. The van der Waals surface area contributed by atoms with E-state index in [0.717, 1.165) is 34.6 Å². The fourth-order valence-electron chi connectivity index (χ4n) is 6.04. The van der Waals surface area contributed by atoms with Gasteiger partial charge in [-0.15, -0.1) is 11.8 Å². The Morgan fingerprint density at radius 1 is 0.673 bits per heavy atom. The molecule has 0 amide bonds. The number of thioether (sulfide) groups is 1. The Kier molecular flexibility index (Phi) is 13.0. The van der Waals surface area contributed by atoms with Gasteiger partial charge in [0.25, 0.3) is 0 Å². The van der Waals surface area contributed by atoms with Gasteiger partial charge < -0.3 is 9.47 Å². The topological polar surface area (TPSA) is 69.7 Å². The molecule has 1 unspecified atom stereocenters. The third-order valence-corrected chi connectivity index (χ3v) is 11.9. The largest absolute Gasteiger partial charge is 0.462 e. The lowest BCUT2D eigenvalue weighted by atomic mass is 9.81. The summed E-state index contributed by atoms with van der Waals surface area (Å²) < 4.78 is 78.5. The number of carbonyl (C=O) groups is 2. The Hall–Kier alpha value is -4.84. The van der Waals surface area contributed by atoms with Crippen molar-refractivity contribution in [3.05, 3.63) is 128 Å². The average Bonchev–Trinajstić information content (AvgIpc) is 3.15. The molecule has 0 bridgehead atoms. The maximum atomic E-state index is 14.3. The minimum Gasteiger partial charge on any atom is -0.462 e. The van der Waals surface area contributed by atoms with Gasteiger partial charge in [-0.3, -0.25) is 4.21 Å². The molecule has 55 heavy (non-hydrogen) atoms. The predicted molar refractivity (Wildman–Crippen MR) is 207 cm³/mol. The van der Waals surface area contributed by atoms with E-state index in [1.165, 1.54) is 34.7 Å². The highest BCUT2D eigenvalue weighted by Gasteiger charge is 2.31. The van der Waals surface area contributed by atoms with Crippen molar-refractivity contribution >= 4 is 34.5 Å². The first-order valence-corrected chi connectivity index (χ1v) is 20.0.